The van der Waals surface area contributed by atoms with Crippen LogP contribution < -0.4 is 5.32 Å². The van der Waals surface area contributed by atoms with Crippen molar-refractivity contribution in [1.82, 2.24) is 5.32 Å². The molecule has 1 atom stereocenters. The maximum atomic E-state index is 12.9. The molecule has 2 N–H and O–H groups in total. The van der Waals surface area contributed by atoms with Gasteiger partial charge in [-0.3, -0.25) is 9.00 Å². The van der Waals surface area contributed by atoms with E-state index in [2.05, 4.69) is 49.5 Å². The number of carboxylic acids is 1. The van der Waals surface area contributed by atoms with E-state index in [4.69, 9.17) is 16.7 Å². The van der Waals surface area contributed by atoms with E-state index in [0.717, 1.165) is 34.4 Å². The van der Waals surface area contributed by atoms with Crippen LogP contribution in [0.1, 0.15) is 47.1 Å². The van der Waals surface area contributed by atoms with Gasteiger partial charge in [-0.1, -0.05) is 60.1 Å². The van der Waals surface area contributed by atoms with Gasteiger partial charge in [0.2, 0.25) is 0 Å². The van der Waals surface area contributed by atoms with E-state index in [0.29, 0.717) is 23.9 Å². The molecule has 6 heteroatoms. The molecular weight excluding hydrogens is 478 g/mol. The number of allylic oxidation sites excluding steroid dienone is 1. The van der Waals surface area contributed by atoms with Gasteiger partial charge in [-0.2, -0.15) is 0 Å². The summed E-state index contributed by atoms with van der Waals surface area (Å²) in [5, 5.41) is 12.5. The number of rotatable bonds is 12. The summed E-state index contributed by atoms with van der Waals surface area (Å²) >= 11 is 6.26. The van der Waals surface area contributed by atoms with Gasteiger partial charge in [-0.25, -0.2) is 0 Å². The second-order valence-corrected chi connectivity index (χ2v) is 10.6. The van der Waals surface area contributed by atoms with Gasteiger partial charge in [0.15, 0.2) is 0 Å². The van der Waals surface area contributed by atoms with Crippen LogP contribution in [0.2, 0.25) is 5.02 Å². The van der Waals surface area contributed by atoms with Crippen LogP contribution in [0.15, 0.2) is 71.6 Å². The Morgan fingerprint density at radius 2 is 1.77 bits per heavy atom. The molecule has 3 aromatic rings. The Bertz CT molecular complexity index is 1200. The summed E-state index contributed by atoms with van der Waals surface area (Å²) < 4.78 is 12.9. The average molecular weight is 510 g/mol. The first-order valence-corrected chi connectivity index (χ1v) is 13.4. The molecule has 3 rings (SSSR count). The highest BCUT2D eigenvalue weighted by Crippen LogP contribution is 2.27. The molecule has 0 bridgehead atoms. The molecular formula is C29H32ClNO3S. The zero-order valence-electron chi connectivity index (χ0n) is 20.2. The third-order valence-electron chi connectivity index (χ3n) is 5.87. The van der Waals surface area contributed by atoms with Crippen molar-refractivity contribution in [3.05, 3.63) is 99.6 Å². The topological polar surface area (TPSA) is 66.4 Å². The molecule has 35 heavy (non-hydrogen) atoms. The van der Waals surface area contributed by atoms with Crippen molar-refractivity contribution in [2.45, 2.75) is 44.6 Å². The molecule has 0 fully saturated rings. The second kappa shape index (κ2) is 13.4. The average Bonchev–Trinajstić information content (AvgIpc) is 2.83. The quantitative estimate of drug-likeness (QED) is 0.212. The van der Waals surface area contributed by atoms with Crippen molar-refractivity contribution in [2.24, 2.45) is 0 Å². The number of halogens is 1. The van der Waals surface area contributed by atoms with E-state index in [1.165, 1.54) is 16.7 Å². The van der Waals surface area contributed by atoms with Crippen LogP contribution in [0.3, 0.4) is 0 Å². The fraction of sp³-hybridized carbons (Fsp3) is 0.276. The number of hydrogen-bond donors (Lipinski definition) is 2. The summed E-state index contributed by atoms with van der Waals surface area (Å²) in [6.07, 6.45) is 3.88. The van der Waals surface area contributed by atoms with Gasteiger partial charge in [-0.05, 0) is 84.3 Å². The summed E-state index contributed by atoms with van der Waals surface area (Å²) in [6.45, 7) is 5.24. The van der Waals surface area contributed by atoms with Gasteiger partial charge in [0.25, 0.3) is 0 Å². The van der Waals surface area contributed by atoms with Gasteiger partial charge < -0.3 is 10.4 Å². The van der Waals surface area contributed by atoms with Crippen LogP contribution in [0.25, 0.3) is 11.6 Å². The van der Waals surface area contributed by atoms with Crippen molar-refractivity contribution in [1.29, 1.82) is 0 Å². The molecule has 4 nitrogen and oxygen atoms in total. The monoisotopic (exact) mass is 509 g/mol. The lowest BCUT2D eigenvalue weighted by Gasteiger charge is -2.11. The first kappa shape index (κ1) is 26.9. The van der Waals surface area contributed by atoms with Crippen molar-refractivity contribution in [3.63, 3.8) is 0 Å². The fourth-order valence-corrected chi connectivity index (χ4v) is 5.01. The first-order valence-electron chi connectivity index (χ1n) is 11.8. The van der Waals surface area contributed by atoms with E-state index in [1.807, 2.05) is 42.5 Å². The number of nitrogens with one attached hydrogen (secondary N) is 1. The van der Waals surface area contributed by atoms with Crippen LogP contribution in [-0.2, 0) is 22.1 Å². The molecule has 0 aromatic heterocycles. The van der Waals surface area contributed by atoms with Crippen LogP contribution in [0.5, 0.6) is 0 Å². The molecule has 0 aliphatic carbocycles. The van der Waals surface area contributed by atoms with E-state index in [1.54, 1.807) is 0 Å². The largest absolute Gasteiger partial charge is 0.481 e. The maximum Gasteiger partial charge on any atom is 0.304 e. The van der Waals surface area contributed by atoms with Gasteiger partial charge in [-0.15, -0.1) is 0 Å². The Morgan fingerprint density at radius 1 is 1.00 bits per heavy atom. The number of benzene rings is 3. The molecule has 0 heterocycles. The molecule has 0 aliphatic rings. The number of carbonyl (C=O) groups is 1. The SMILES string of the molecule is Cc1ccc(C=C(CCCS(=O)c2ccc(CNCCC(=O)O)cc2)c2cccc(Cl)c2)cc1C. The standard InChI is InChI=1S/C29H32ClNO3S/c1-21-8-9-24(17-22(21)2)18-25(26-5-3-7-27(30)19-26)6-4-16-35(34)28-12-10-23(11-13-28)20-31-15-14-29(32)33/h3,5,7-13,17-19,31H,4,6,14-16,20H2,1-2H3,(H,32,33). The summed E-state index contributed by atoms with van der Waals surface area (Å²) in [7, 11) is -1.09. The first-order chi connectivity index (χ1) is 16.8. The zero-order chi connectivity index (χ0) is 25.2. The lowest BCUT2D eigenvalue weighted by atomic mass is 9.97. The van der Waals surface area contributed by atoms with Crippen LogP contribution >= 0.6 is 11.6 Å². The predicted octanol–water partition coefficient (Wildman–Crippen LogP) is 6.65. The van der Waals surface area contributed by atoms with Gasteiger partial charge in [0.1, 0.15) is 0 Å². The Labute approximate surface area is 215 Å². The third kappa shape index (κ3) is 8.77. The van der Waals surface area contributed by atoms with E-state index < -0.39 is 16.8 Å². The molecule has 0 saturated heterocycles. The number of aliphatic carboxylic acids is 1. The van der Waals surface area contributed by atoms with Crippen molar-refractivity contribution in [3.8, 4) is 0 Å². The molecule has 0 amide bonds. The summed E-state index contributed by atoms with van der Waals surface area (Å²) in [5.41, 5.74) is 6.97. The van der Waals surface area contributed by atoms with E-state index in [-0.39, 0.29) is 6.42 Å². The van der Waals surface area contributed by atoms with Gasteiger partial charge >= 0.3 is 5.97 Å². The molecule has 3 aromatic carbocycles. The molecule has 0 radical (unpaired) electrons. The second-order valence-electron chi connectivity index (χ2n) is 8.64. The van der Waals surface area contributed by atoms with E-state index >= 15 is 0 Å². The highest BCUT2D eigenvalue weighted by atomic mass is 35.5. The Morgan fingerprint density at radius 3 is 2.46 bits per heavy atom. The van der Waals surface area contributed by atoms with Crippen molar-refractivity contribution >= 4 is 40.0 Å². The highest BCUT2D eigenvalue weighted by Gasteiger charge is 2.08. The fourth-order valence-electron chi connectivity index (χ4n) is 3.74. The van der Waals surface area contributed by atoms with Crippen LogP contribution in [0.4, 0.5) is 0 Å². The lowest BCUT2D eigenvalue weighted by Crippen LogP contribution is -2.17. The van der Waals surface area contributed by atoms with Crippen LogP contribution in [-0.4, -0.2) is 27.6 Å². The highest BCUT2D eigenvalue weighted by molar-refractivity contribution is 7.85. The summed E-state index contributed by atoms with van der Waals surface area (Å²) in [5.74, 6) is -0.244. The Hall–Kier alpha value is -2.73. The Balaban J connectivity index is 1.62. The molecule has 0 saturated carbocycles. The van der Waals surface area contributed by atoms with Gasteiger partial charge in [0, 0.05) is 28.8 Å². The molecule has 0 spiro atoms. The summed E-state index contributed by atoms with van der Waals surface area (Å²) in [4.78, 5) is 11.4. The minimum absolute atomic E-state index is 0.0945. The Kier molecular flexibility index (Phi) is 10.3. The molecule has 1 unspecified atom stereocenters. The summed E-state index contributed by atoms with van der Waals surface area (Å²) in [6, 6.07) is 22.0. The third-order valence-corrected chi connectivity index (χ3v) is 7.57. The minimum atomic E-state index is -1.09. The minimum Gasteiger partial charge on any atom is -0.481 e. The van der Waals surface area contributed by atoms with Gasteiger partial charge in [0.05, 0.1) is 17.2 Å². The lowest BCUT2D eigenvalue weighted by molar-refractivity contribution is -0.136. The van der Waals surface area contributed by atoms with Crippen molar-refractivity contribution in [2.75, 3.05) is 12.3 Å². The predicted molar refractivity (Wildman–Crippen MR) is 146 cm³/mol. The normalized spacial score (nSPS) is 12.5. The number of carboxylic acid groups (broad SMARTS) is 1. The smallest absolute Gasteiger partial charge is 0.304 e. The molecule has 184 valence electrons. The number of hydrogen-bond acceptors (Lipinski definition) is 3. The van der Waals surface area contributed by atoms with E-state index in [9.17, 15) is 9.00 Å². The number of aryl methyl sites for hydroxylation is 2. The van der Waals surface area contributed by atoms with Crippen molar-refractivity contribution < 1.29 is 14.1 Å². The maximum absolute atomic E-state index is 12.9. The molecule has 0 aliphatic heterocycles. The van der Waals surface area contributed by atoms with Crippen LogP contribution in [0, 0.1) is 13.8 Å². The zero-order valence-corrected chi connectivity index (χ0v) is 21.8.